The van der Waals surface area contributed by atoms with Crippen LogP contribution in [0.25, 0.3) is 10.9 Å². The van der Waals surface area contributed by atoms with Gasteiger partial charge in [-0.1, -0.05) is 12.1 Å². The van der Waals surface area contributed by atoms with Crippen LogP contribution in [-0.4, -0.2) is 28.6 Å². The predicted molar refractivity (Wildman–Crippen MR) is 101 cm³/mol. The lowest BCUT2D eigenvalue weighted by molar-refractivity contribution is 0.0512. The number of nitrogens with zero attached hydrogens (tertiary/aromatic N) is 2. The third kappa shape index (κ3) is 4.08. The van der Waals surface area contributed by atoms with E-state index in [-0.39, 0.29) is 18.5 Å². The lowest BCUT2D eigenvalue weighted by Crippen LogP contribution is -2.11. The zero-order valence-corrected chi connectivity index (χ0v) is 15.0. The van der Waals surface area contributed by atoms with Crippen LogP contribution in [0.5, 0.6) is 5.75 Å². The topological polar surface area (TPSA) is 73.3 Å². The number of aromatic nitrogens is 2. The number of nitrogens with one attached hydrogen (secondary N) is 1. The average Bonchev–Trinajstić information content (AvgIpc) is 2.63. The summed E-state index contributed by atoms with van der Waals surface area (Å²) in [6.45, 7) is 5.99. The molecule has 3 rings (SSSR count). The van der Waals surface area contributed by atoms with Crippen molar-refractivity contribution in [2.45, 2.75) is 26.9 Å². The molecule has 1 N–H and O–H groups in total. The lowest BCUT2D eigenvalue weighted by atomic mass is 10.2. The number of fused-ring (bicyclic) bond motifs is 1. The van der Waals surface area contributed by atoms with Gasteiger partial charge < -0.3 is 14.8 Å². The third-order valence-corrected chi connectivity index (χ3v) is 3.55. The molecule has 134 valence electrons. The van der Waals surface area contributed by atoms with E-state index in [1.165, 1.54) is 0 Å². The van der Waals surface area contributed by atoms with E-state index in [1.807, 2.05) is 62.4 Å². The van der Waals surface area contributed by atoms with E-state index in [0.29, 0.717) is 11.3 Å². The average molecular weight is 351 g/mol. The molecule has 1 heterocycles. The molecular formula is C20H21N3O3. The zero-order valence-electron chi connectivity index (χ0n) is 15.0. The number of ether oxygens (including phenoxy) is 2. The molecule has 0 unspecified atom stereocenters. The first-order valence-electron chi connectivity index (χ1n) is 8.54. The van der Waals surface area contributed by atoms with Crippen molar-refractivity contribution in [3.8, 4) is 5.75 Å². The largest absolute Gasteiger partial charge is 0.491 e. The van der Waals surface area contributed by atoms with Gasteiger partial charge in [-0.2, -0.15) is 0 Å². The van der Waals surface area contributed by atoms with Gasteiger partial charge in [-0.15, -0.1) is 0 Å². The molecule has 0 aliphatic rings. The number of benzene rings is 2. The number of hydrogen-bond acceptors (Lipinski definition) is 6. The summed E-state index contributed by atoms with van der Waals surface area (Å²) in [5.74, 6) is 0.844. The van der Waals surface area contributed by atoms with Gasteiger partial charge >= 0.3 is 5.97 Å². The van der Waals surface area contributed by atoms with Crippen molar-refractivity contribution in [2.24, 2.45) is 0 Å². The van der Waals surface area contributed by atoms with E-state index in [1.54, 1.807) is 6.92 Å². The highest BCUT2D eigenvalue weighted by molar-refractivity contribution is 5.95. The number of carbonyl (C=O) groups excluding carboxylic acids is 1. The van der Waals surface area contributed by atoms with Crippen LogP contribution in [0.15, 0.2) is 48.5 Å². The summed E-state index contributed by atoms with van der Waals surface area (Å²) in [6.07, 6.45) is 0.117. The summed E-state index contributed by atoms with van der Waals surface area (Å²) in [7, 11) is 0. The molecule has 0 spiro atoms. The summed E-state index contributed by atoms with van der Waals surface area (Å²) < 4.78 is 10.7. The highest BCUT2D eigenvalue weighted by atomic mass is 16.5. The van der Waals surface area contributed by atoms with Crippen molar-refractivity contribution in [2.75, 3.05) is 11.9 Å². The number of carbonyl (C=O) groups is 1. The van der Waals surface area contributed by atoms with Gasteiger partial charge in [0.2, 0.25) is 5.82 Å². The first kappa shape index (κ1) is 17.7. The molecule has 26 heavy (non-hydrogen) atoms. The first-order chi connectivity index (χ1) is 12.6. The van der Waals surface area contributed by atoms with E-state index in [4.69, 9.17) is 9.47 Å². The molecule has 0 aliphatic carbocycles. The van der Waals surface area contributed by atoms with Crippen LogP contribution in [0.2, 0.25) is 0 Å². The normalized spacial score (nSPS) is 10.8. The second-order valence-corrected chi connectivity index (χ2v) is 5.95. The van der Waals surface area contributed by atoms with E-state index in [2.05, 4.69) is 15.3 Å². The Bertz CT molecular complexity index is 908. The molecular weight excluding hydrogens is 330 g/mol. The van der Waals surface area contributed by atoms with Crippen LogP contribution in [0.3, 0.4) is 0 Å². The fourth-order valence-corrected chi connectivity index (χ4v) is 2.48. The second-order valence-electron chi connectivity index (χ2n) is 5.95. The molecule has 0 fully saturated rings. The minimum absolute atomic E-state index is 0.0350. The highest BCUT2D eigenvalue weighted by Crippen LogP contribution is 2.25. The smallest absolute Gasteiger partial charge is 0.376 e. The quantitative estimate of drug-likeness (QED) is 0.666. The van der Waals surface area contributed by atoms with Crippen molar-refractivity contribution in [3.05, 3.63) is 54.4 Å². The van der Waals surface area contributed by atoms with Crippen molar-refractivity contribution < 1.29 is 14.3 Å². The minimum atomic E-state index is -0.540. The van der Waals surface area contributed by atoms with Crippen LogP contribution in [0, 0.1) is 0 Å². The van der Waals surface area contributed by atoms with Crippen LogP contribution < -0.4 is 10.1 Å². The molecule has 0 saturated carbocycles. The maximum atomic E-state index is 12.0. The van der Waals surface area contributed by atoms with Crippen molar-refractivity contribution in [1.82, 2.24) is 9.97 Å². The van der Waals surface area contributed by atoms with E-state index in [0.717, 1.165) is 16.8 Å². The number of esters is 1. The standard InChI is InChI=1S/C20H21N3O3/c1-4-25-20(24)19-22-17-8-6-5-7-16(17)18(23-19)21-14-9-11-15(12-10-14)26-13(2)3/h5-13H,4H2,1-3H3,(H,21,22,23). The van der Waals surface area contributed by atoms with E-state index >= 15 is 0 Å². The maximum absolute atomic E-state index is 12.0. The van der Waals surface area contributed by atoms with Gasteiger partial charge in [0.1, 0.15) is 11.6 Å². The number of anilines is 2. The Morgan fingerprint density at radius 3 is 2.50 bits per heavy atom. The van der Waals surface area contributed by atoms with Gasteiger partial charge in [-0.3, -0.25) is 0 Å². The van der Waals surface area contributed by atoms with Crippen LogP contribution >= 0.6 is 0 Å². The van der Waals surface area contributed by atoms with Crippen LogP contribution in [0.4, 0.5) is 11.5 Å². The van der Waals surface area contributed by atoms with Gasteiger partial charge in [-0.25, -0.2) is 14.8 Å². The summed E-state index contributed by atoms with van der Waals surface area (Å²) in [5, 5.41) is 4.07. The number of rotatable bonds is 6. The monoisotopic (exact) mass is 351 g/mol. The highest BCUT2D eigenvalue weighted by Gasteiger charge is 2.15. The third-order valence-electron chi connectivity index (χ3n) is 3.55. The Balaban J connectivity index is 1.94. The molecule has 6 heteroatoms. The molecule has 2 aromatic carbocycles. The number of para-hydroxylation sites is 1. The SMILES string of the molecule is CCOC(=O)c1nc(Nc2ccc(OC(C)C)cc2)c2ccccc2n1. The second kappa shape index (κ2) is 7.82. The molecule has 0 saturated heterocycles. The summed E-state index contributed by atoms with van der Waals surface area (Å²) >= 11 is 0. The minimum Gasteiger partial charge on any atom is -0.491 e. The molecule has 3 aromatic rings. The van der Waals surface area contributed by atoms with E-state index in [9.17, 15) is 4.79 Å². The number of hydrogen-bond donors (Lipinski definition) is 1. The summed E-state index contributed by atoms with van der Waals surface area (Å²) in [6, 6.07) is 15.1. The molecule has 6 nitrogen and oxygen atoms in total. The van der Waals surface area contributed by atoms with Gasteiger partial charge in [0.25, 0.3) is 0 Å². The molecule has 0 amide bonds. The first-order valence-corrected chi connectivity index (χ1v) is 8.54. The molecule has 1 aromatic heterocycles. The van der Waals surface area contributed by atoms with Crippen LogP contribution in [0.1, 0.15) is 31.4 Å². The molecule has 0 atom stereocenters. The Labute approximate surface area is 152 Å². The molecule has 0 radical (unpaired) electrons. The van der Waals surface area contributed by atoms with Crippen LogP contribution in [-0.2, 0) is 4.74 Å². The summed E-state index contributed by atoms with van der Waals surface area (Å²) in [4.78, 5) is 20.7. The van der Waals surface area contributed by atoms with Crippen molar-refractivity contribution in [1.29, 1.82) is 0 Å². The lowest BCUT2D eigenvalue weighted by Gasteiger charge is -2.12. The van der Waals surface area contributed by atoms with Gasteiger partial charge in [0.15, 0.2) is 0 Å². The van der Waals surface area contributed by atoms with Crippen molar-refractivity contribution >= 4 is 28.4 Å². The van der Waals surface area contributed by atoms with E-state index < -0.39 is 5.97 Å². The van der Waals surface area contributed by atoms with Gasteiger partial charge in [-0.05, 0) is 57.2 Å². The Morgan fingerprint density at radius 1 is 1.08 bits per heavy atom. The Morgan fingerprint density at radius 2 is 1.81 bits per heavy atom. The summed E-state index contributed by atoms with van der Waals surface area (Å²) in [5.41, 5.74) is 1.51. The van der Waals surface area contributed by atoms with Crippen molar-refractivity contribution in [3.63, 3.8) is 0 Å². The molecule has 0 aliphatic heterocycles. The maximum Gasteiger partial charge on any atom is 0.376 e. The van der Waals surface area contributed by atoms with Gasteiger partial charge in [0, 0.05) is 11.1 Å². The fourth-order valence-electron chi connectivity index (χ4n) is 2.48. The molecule has 0 bridgehead atoms. The van der Waals surface area contributed by atoms with Gasteiger partial charge in [0.05, 0.1) is 18.2 Å². The Kier molecular flexibility index (Phi) is 5.31. The zero-order chi connectivity index (χ0) is 18.5. The predicted octanol–water partition coefficient (Wildman–Crippen LogP) is 4.34. The Hall–Kier alpha value is -3.15. The fraction of sp³-hybridized carbons (Fsp3) is 0.250.